The van der Waals surface area contributed by atoms with Crippen LogP contribution in [0.5, 0.6) is 0 Å². The fraction of sp³-hybridized carbons (Fsp3) is 0.857. The first-order chi connectivity index (χ1) is 8.38. The number of hydrogen-bond donors (Lipinski definition) is 1. The highest BCUT2D eigenvalue weighted by molar-refractivity contribution is 5.99. The molecular weight excluding hydrogens is 228 g/mol. The standard InChI is InChI=1S/C14H26N2O2/c1-6-10(7-2)9-16-12(17)11(8-3)15-13(18)14(16,4)5/h10-11H,6-9H2,1-5H3,(H,15,18). The lowest BCUT2D eigenvalue weighted by Crippen LogP contribution is -2.68. The predicted molar refractivity (Wildman–Crippen MR) is 72.1 cm³/mol. The van der Waals surface area contributed by atoms with Crippen LogP contribution in [0.2, 0.25) is 0 Å². The fourth-order valence-corrected chi connectivity index (χ4v) is 2.38. The second kappa shape index (κ2) is 5.72. The van der Waals surface area contributed by atoms with Gasteiger partial charge in [-0.3, -0.25) is 9.59 Å². The van der Waals surface area contributed by atoms with Crippen LogP contribution in [-0.2, 0) is 9.59 Å². The Morgan fingerprint density at radius 2 is 1.78 bits per heavy atom. The van der Waals surface area contributed by atoms with Gasteiger partial charge in [-0.25, -0.2) is 0 Å². The van der Waals surface area contributed by atoms with Gasteiger partial charge in [0.25, 0.3) is 0 Å². The molecule has 1 aliphatic heterocycles. The Kier molecular flexibility index (Phi) is 4.77. The maximum absolute atomic E-state index is 12.4. The van der Waals surface area contributed by atoms with Crippen LogP contribution in [0.4, 0.5) is 0 Å². The molecule has 1 heterocycles. The number of amides is 2. The van der Waals surface area contributed by atoms with Gasteiger partial charge in [-0.2, -0.15) is 0 Å². The Hall–Kier alpha value is -1.06. The van der Waals surface area contributed by atoms with Crippen LogP contribution in [0.1, 0.15) is 53.9 Å². The SMILES string of the molecule is CCC(CC)CN1C(=O)C(CC)NC(=O)C1(C)C. The molecule has 0 aromatic carbocycles. The van der Waals surface area contributed by atoms with Crippen molar-refractivity contribution < 1.29 is 9.59 Å². The van der Waals surface area contributed by atoms with Gasteiger partial charge in [-0.1, -0.05) is 33.6 Å². The molecule has 1 fully saturated rings. The molecule has 18 heavy (non-hydrogen) atoms. The lowest BCUT2D eigenvalue weighted by Gasteiger charge is -2.45. The smallest absolute Gasteiger partial charge is 0.246 e. The Labute approximate surface area is 110 Å². The van der Waals surface area contributed by atoms with E-state index in [2.05, 4.69) is 19.2 Å². The Balaban J connectivity index is 2.94. The molecule has 2 amide bonds. The fourth-order valence-electron chi connectivity index (χ4n) is 2.38. The maximum atomic E-state index is 12.4. The zero-order valence-electron chi connectivity index (χ0n) is 12.2. The molecule has 0 aliphatic carbocycles. The summed E-state index contributed by atoms with van der Waals surface area (Å²) in [4.78, 5) is 26.3. The molecule has 1 rings (SSSR count). The Bertz CT molecular complexity index is 322. The van der Waals surface area contributed by atoms with Gasteiger partial charge in [0.2, 0.25) is 11.8 Å². The van der Waals surface area contributed by atoms with E-state index < -0.39 is 5.54 Å². The minimum atomic E-state index is -0.731. The van der Waals surface area contributed by atoms with Gasteiger partial charge in [-0.15, -0.1) is 0 Å². The van der Waals surface area contributed by atoms with Crippen LogP contribution in [0.15, 0.2) is 0 Å². The van der Waals surface area contributed by atoms with Crippen molar-refractivity contribution in [3.05, 3.63) is 0 Å². The number of rotatable bonds is 5. The lowest BCUT2D eigenvalue weighted by molar-refractivity contribution is -0.156. The second-order valence-corrected chi connectivity index (χ2v) is 5.62. The normalized spacial score (nSPS) is 23.4. The summed E-state index contributed by atoms with van der Waals surface area (Å²) in [6, 6.07) is -0.347. The third-order valence-electron chi connectivity index (χ3n) is 4.10. The molecule has 0 bridgehead atoms. The van der Waals surface area contributed by atoms with Crippen LogP contribution < -0.4 is 5.32 Å². The van der Waals surface area contributed by atoms with Crippen molar-refractivity contribution in [1.29, 1.82) is 0 Å². The minimum absolute atomic E-state index is 0.0418. The van der Waals surface area contributed by atoms with Crippen LogP contribution in [0.3, 0.4) is 0 Å². The largest absolute Gasteiger partial charge is 0.342 e. The highest BCUT2D eigenvalue weighted by atomic mass is 16.2. The average molecular weight is 254 g/mol. The van der Waals surface area contributed by atoms with Crippen molar-refractivity contribution in [2.75, 3.05) is 6.54 Å². The van der Waals surface area contributed by atoms with Crippen LogP contribution in [0, 0.1) is 5.92 Å². The summed E-state index contributed by atoms with van der Waals surface area (Å²) in [6.07, 6.45) is 2.73. The van der Waals surface area contributed by atoms with E-state index in [-0.39, 0.29) is 17.9 Å². The number of nitrogens with zero attached hydrogens (tertiary/aromatic N) is 1. The summed E-state index contributed by atoms with van der Waals surface area (Å²) in [5.41, 5.74) is -0.731. The Morgan fingerprint density at radius 3 is 2.22 bits per heavy atom. The third-order valence-corrected chi connectivity index (χ3v) is 4.10. The summed E-state index contributed by atoms with van der Waals surface area (Å²) in [6.45, 7) is 10.5. The van der Waals surface area contributed by atoms with Gasteiger partial charge in [0.05, 0.1) is 0 Å². The maximum Gasteiger partial charge on any atom is 0.246 e. The zero-order valence-corrected chi connectivity index (χ0v) is 12.2. The predicted octanol–water partition coefficient (Wildman–Crippen LogP) is 1.94. The molecule has 1 atom stereocenters. The van der Waals surface area contributed by atoms with Gasteiger partial charge in [0.15, 0.2) is 0 Å². The van der Waals surface area contributed by atoms with E-state index in [4.69, 9.17) is 0 Å². The van der Waals surface area contributed by atoms with Gasteiger partial charge in [0.1, 0.15) is 11.6 Å². The summed E-state index contributed by atoms with van der Waals surface area (Å²) in [7, 11) is 0. The van der Waals surface area contributed by atoms with Crippen molar-refractivity contribution in [2.24, 2.45) is 5.92 Å². The molecule has 1 N–H and O–H groups in total. The van der Waals surface area contributed by atoms with Crippen LogP contribution >= 0.6 is 0 Å². The van der Waals surface area contributed by atoms with Crippen molar-refractivity contribution >= 4 is 11.8 Å². The molecule has 0 radical (unpaired) electrons. The molecular formula is C14H26N2O2. The van der Waals surface area contributed by atoms with E-state index in [1.165, 1.54) is 0 Å². The third kappa shape index (κ3) is 2.68. The zero-order chi connectivity index (χ0) is 13.9. The summed E-state index contributed by atoms with van der Waals surface area (Å²) >= 11 is 0. The molecule has 4 heteroatoms. The summed E-state index contributed by atoms with van der Waals surface area (Å²) < 4.78 is 0. The monoisotopic (exact) mass is 254 g/mol. The van der Waals surface area contributed by atoms with Crippen LogP contribution in [0.25, 0.3) is 0 Å². The molecule has 0 saturated carbocycles. The van der Waals surface area contributed by atoms with E-state index >= 15 is 0 Å². The first-order valence-corrected chi connectivity index (χ1v) is 7.00. The van der Waals surface area contributed by atoms with Gasteiger partial charge in [0, 0.05) is 6.54 Å². The molecule has 1 saturated heterocycles. The highest BCUT2D eigenvalue weighted by Crippen LogP contribution is 2.25. The first-order valence-electron chi connectivity index (χ1n) is 7.00. The van der Waals surface area contributed by atoms with Crippen molar-refractivity contribution in [3.8, 4) is 0 Å². The van der Waals surface area contributed by atoms with E-state index in [1.807, 2.05) is 20.8 Å². The number of carbonyl (C=O) groups excluding carboxylic acids is 2. The topological polar surface area (TPSA) is 49.4 Å². The minimum Gasteiger partial charge on any atom is -0.342 e. The molecule has 0 aromatic heterocycles. The van der Waals surface area contributed by atoms with Gasteiger partial charge >= 0.3 is 0 Å². The van der Waals surface area contributed by atoms with E-state index in [0.717, 1.165) is 12.8 Å². The van der Waals surface area contributed by atoms with Crippen LogP contribution in [-0.4, -0.2) is 34.8 Å². The molecule has 4 nitrogen and oxygen atoms in total. The molecule has 1 aliphatic rings. The van der Waals surface area contributed by atoms with Gasteiger partial charge < -0.3 is 10.2 Å². The van der Waals surface area contributed by atoms with E-state index in [9.17, 15) is 9.59 Å². The summed E-state index contributed by atoms with van der Waals surface area (Å²) in [5, 5.41) is 2.82. The van der Waals surface area contributed by atoms with E-state index in [0.29, 0.717) is 18.9 Å². The number of piperazine rings is 1. The van der Waals surface area contributed by atoms with E-state index in [1.54, 1.807) is 4.90 Å². The molecule has 0 spiro atoms. The number of nitrogens with one attached hydrogen (secondary N) is 1. The number of carbonyl (C=O) groups is 2. The van der Waals surface area contributed by atoms with Gasteiger partial charge in [-0.05, 0) is 26.2 Å². The first kappa shape index (κ1) is 15.0. The highest BCUT2D eigenvalue weighted by Gasteiger charge is 2.45. The molecule has 1 unspecified atom stereocenters. The summed E-state index contributed by atoms with van der Waals surface area (Å²) in [5.74, 6) is 0.491. The number of hydrogen-bond acceptors (Lipinski definition) is 2. The van der Waals surface area contributed by atoms with Crippen molar-refractivity contribution in [1.82, 2.24) is 10.2 Å². The second-order valence-electron chi connectivity index (χ2n) is 5.62. The van der Waals surface area contributed by atoms with Crippen molar-refractivity contribution in [2.45, 2.75) is 65.5 Å². The lowest BCUT2D eigenvalue weighted by atomic mass is 9.92. The average Bonchev–Trinajstić information content (AvgIpc) is 2.34. The molecule has 0 aromatic rings. The quantitative estimate of drug-likeness (QED) is 0.815. The molecule has 104 valence electrons. The Morgan fingerprint density at radius 1 is 1.22 bits per heavy atom. The van der Waals surface area contributed by atoms with Crippen molar-refractivity contribution in [3.63, 3.8) is 0 Å².